The van der Waals surface area contributed by atoms with Crippen molar-refractivity contribution >= 4 is 34.7 Å². The lowest BCUT2D eigenvalue weighted by Gasteiger charge is -2.08. The normalized spacial score (nSPS) is 10.8. The molecule has 0 bridgehead atoms. The highest BCUT2D eigenvalue weighted by Crippen LogP contribution is 2.19. The van der Waals surface area contributed by atoms with E-state index in [-0.39, 0.29) is 5.56 Å². The minimum atomic E-state index is -0.174. The number of para-hydroxylation sites is 2. The Morgan fingerprint density at radius 3 is 2.53 bits per heavy atom. The van der Waals surface area contributed by atoms with Crippen molar-refractivity contribution < 1.29 is 0 Å². The Morgan fingerprint density at radius 2 is 1.79 bits per heavy atom. The molecule has 0 atom stereocenters. The molecule has 1 N–H and O–H groups in total. The second-order valence-electron chi connectivity index (χ2n) is 4.07. The molecule has 0 aliphatic carbocycles. The number of aromatic nitrogens is 2. The molecular formula is C14H9ClN2OS. The summed E-state index contributed by atoms with van der Waals surface area (Å²) in [7, 11) is 0. The van der Waals surface area contributed by atoms with Crippen LogP contribution in [0.1, 0.15) is 0 Å². The maximum atomic E-state index is 12.5. The Labute approximate surface area is 119 Å². The number of rotatable bonds is 1. The Balaban J connectivity index is 2.47. The van der Waals surface area contributed by atoms with Crippen LogP contribution in [0.4, 0.5) is 0 Å². The van der Waals surface area contributed by atoms with Crippen molar-refractivity contribution in [1.29, 1.82) is 0 Å². The molecule has 3 nitrogen and oxygen atoms in total. The first-order valence-corrected chi connectivity index (χ1v) is 6.46. The first-order valence-electron chi connectivity index (χ1n) is 5.67. The Morgan fingerprint density at radius 1 is 1.05 bits per heavy atom. The van der Waals surface area contributed by atoms with E-state index in [4.69, 9.17) is 23.8 Å². The molecular weight excluding hydrogens is 280 g/mol. The summed E-state index contributed by atoms with van der Waals surface area (Å²) in [6.45, 7) is 0. The average molecular weight is 289 g/mol. The molecule has 2 aromatic carbocycles. The van der Waals surface area contributed by atoms with Gasteiger partial charge in [0.1, 0.15) is 0 Å². The SMILES string of the molecule is O=c1c2cccc(Cl)c2[nH]c(=S)n1-c1ccccc1. The number of nitrogens with one attached hydrogen (secondary N) is 1. The van der Waals surface area contributed by atoms with Crippen molar-refractivity contribution in [2.75, 3.05) is 0 Å². The summed E-state index contributed by atoms with van der Waals surface area (Å²) >= 11 is 11.3. The van der Waals surface area contributed by atoms with Gasteiger partial charge in [-0.05, 0) is 36.5 Å². The smallest absolute Gasteiger partial charge is 0.266 e. The van der Waals surface area contributed by atoms with Crippen LogP contribution in [0, 0.1) is 4.77 Å². The van der Waals surface area contributed by atoms with Gasteiger partial charge >= 0.3 is 0 Å². The van der Waals surface area contributed by atoms with E-state index in [1.807, 2.05) is 30.3 Å². The molecule has 19 heavy (non-hydrogen) atoms. The van der Waals surface area contributed by atoms with Gasteiger partial charge in [-0.2, -0.15) is 0 Å². The van der Waals surface area contributed by atoms with Crippen molar-refractivity contribution in [2.24, 2.45) is 0 Å². The molecule has 0 saturated carbocycles. The monoisotopic (exact) mass is 288 g/mol. The lowest BCUT2D eigenvalue weighted by Crippen LogP contribution is -2.20. The molecule has 0 radical (unpaired) electrons. The van der Waals surface area contributed by atoms with Crippen LogP contribution in [0.2, 0.25) is 5.02 Å². The molecule has 94 valence electrons. The molecule has 0 fully saturated rings. The fourth-order valence-electron chi connectivity index (χ4n) is 2.02. The zero-order valence-corrected chi connectivity index (χ0v) is 11.3. The second kappa shape index (κ2) is 4.64. The number of halogens is 1. The van der Waals surface area contributed by atoms with E-state index in [2.05, 4.69) is 4.98 Å². The highest BCUT2D eigenvalue weighted by Gasteiger charge is 2.08. The minimum absolute atomic E-state index is 0.174. The number of aromatic amines is 1. The van der Waals surface area contributed by atoms with Crippen molar-refractivity contribution in [3.8, 4) is 5.69 Å². The number of hydrogen-bond acceptors (Lipinski definition) is 2. The Kier molecular flexibility index (Phi) is 2.97. The van der Waals surface area contributed by atoms with E-state index in [9.17, 15) is 4.79 Å². The molecule has 5 heteroatoms. The van der Waals surface area contributed by atoms with Gasteiger partial charge in [0.25, 0.3) is 5.56 Å². The summed E-state index contributed by atoms with van der Waals surface area (Å²) in [5, 5.41) is 1.01. The van der Waals surface area contributed by atoms with Gasteiger partial charge in [-0.15, -0.1) is 0 Å². The van der Waals surface area contributed by atoms with Crippen LogP contribution in [0.5, 0.6) is 0 Å². The maximum Gasteiger partial charge on any atom is 0.266 e. The fourth-order valence-corrected chi connectivity index (χ4v) is 2.53. The lowest BCUT2D eigenvalue weighted by atomic mass is 10.2. The van der Waals surface area contributed by atoms with Crippen LogP contribution in [0.15, 0.2) is 53.3 Å². The largest absolute Gasteiger partial charge is 0.330 e. The highest BCUT2D eigenvalue weighted by atomic mass is 35.5. The van der Waals surface area contributed by atoms with Gasteiger partial charge < -0.3 is 4.98 Å². The zero-order chi connectivity index (χ0) is 13.4. The van der Waals surface area contributed by atoms with Gasteiger partial charge in [-0.25, -0.2) is 0 Å². The van der Waals surface area contributed by atoms with Crippen LogP contribution in [0.3, 0.4) is 0 Å². The van der Waals surface area contributed by atoms with Crippen molar-refractivity contribution in [3.63, 3.8) is 0 Å². The number of H-pyrrole nitrogens is 1. The summed E-state index contributed by atoms with van der Waals surface area (Å²) in [6, 6.07) is 14.5. The van der Waals surface area contributed by atoms with Gasteiger partial charge in [-0.1, -0.05) is 35.9 Å². The summed E-state index contributed by atoms with van der Waals surface area (Å²) in [5.41, 5.74) is 1.13. The molecule has 1 aromatic heterocycles. The Bertz CT molecular complexity index is 868. The predicted molar refractivity (Wildman–Crippen MR) is 79.7 cm³/mol. The molecule has 3 rings (SSSR count). The van der Waals surface area contributed by atoms with E-state index >= 15 is 0 Å². The van der Waals surface area contributed by atoms with E-state index in [1.165, 1.54) is 4.57 Å². The standard InChI is InChI=1S/C14H9ClN2OS/c15-11-8-4-7-10-12(11)16-14(19)17(13(10)18)9-5-2-1-3-6-9/h1-8H,(H,16,19). The Hall–Kier alpha value is -1.91. The number of hydrogen-bond donors (Lipinski definition) is 1. The third-order valence-corrected chi connectivity index (χ3v) is 3.50. The quantitative estimate of drug-likeness (QED) is 0.693. The van der Waals surface area contributed by atoms with Crippen LogP contribution >= 0.6 is 23.8 Å². The summed E-state index contributed by atoms with van der Waals surface area (Å²) in [6.07, 6.45) is 0. The van der Waals surface area contributed by atoms with Gasteiger partial charge in [-0.3, -0.25) is 9.36 Å². The van der Waals surface area contributed by atoms with Crippen molar-refractivity contribution in [2.45, 2.75) is 0 Å². The maximum absolute atomic E-state index is 12.5. The van der Waals surface area contributed by atoms with Gasteiger partial charge in [0, 0.05) is 0 Å². The van der Waals surface area contributed by atoms with Crippen LogP contribution in [-0.2, 0) is 0 Å². The van der Waals surface area contributed by atoms with Gasteiger partial charge in [0.05, 0.1) is 21.6 Å². The molecule has 0 unspecified atom stereocenters. The second-order valence-corrected chi connectivity index (χ2v) is 4.86. The molecule has 3 aromatic rings. The fraction of sp³-hybridized carbons (Fsp3) is 0. The van der Waals surface area contributed by atoms with E-state index in [0.717, 1.165) is 5.69 Å². The van der Waals surface area contributed by atoms with Crippen LogP contribution < -0.4 is 5.56 Å². The van der Waals surface area contributed by atoms with Crippen molar-refractivity contribution in [1.82, 2.24) is 9.55 Å². The van der Waals surface area contributed by atoms with E-state index in [1.54, 1.807) is 18.2 Å². The predicted octanol–water partition coefficient (Wildman–Crippen LogP) is 3.70. The van der Waals surface area contributed by atoms with Crippen LogP contribution in [0.25, 0.3) is 16.6 Å². The molecule has 0 spiro atoms. The minimum Gasteiger partial charge on any atom is -0.330 e. The molecule has 0 aliphatic heterocycles. The van der Waals surface area contributed by atoms with Crippen LogP contribution in [-0.4, -0.2) is 9.55 Å². The highest BCUT2D eigenvalue weighted by molar-refractivity contribution is 7.71. The third-order valence-electron chi connectivity index (χ3n) is 2.90. The summed E-state index contributed by atoms with van der Waals surface area (Å²) in [4.78, 5) is 15.5. The first kappa shape index (κ1) is 12.1. The number of benzene rings is 2. The summed E-state index contributed by atoms with van der Waals surface area (Å²) < 4.78 is 1.80. The lowest BCUT2D eigenvalue weighted by molar-refractivity contribution is 0.940. The average Bonchev–Trinajstić information content (AvgIpc) is 2.41. The van der Waals surface area contributed by atoms with E-state index < -0.39 is 0 Å². The summed E-state index contributed by atoms with van der Waals surface area (Å²) in [5.74, 6) is 0. The van der Waals surface area contributed by atoms with Gasteiger partial charge in [0.15, 0.2) is 4.77 Å². The third kappa shape index (κ3) is 1.99. The molecule has 0 amide bonds. The van der Waals surface area contributed by atoms with Gasteiger partial charge in [0.2, 0.25) is 0 Å². The van der Waals surface area contributed by atoms with E-state index in [0.29, 0.717) is 20.7 Å². The zero-order valence-electron chi connectivity index (χ0n) is 9.76. The molecule has 1 heterocycles. The number of nitrogens with zero attached hydrogens (tertiary/aromatic N) is 1. The topological polar surface area (TPSA) is 37.8 Å². The number of fused-ring (bicyclic) bond motifs is 1. The van der Waals surface area contributed by atoms with Crippen molar-refractivity contribution in [3.05, 3.63) is 68.7 Å². The first-order chi connectivity index (χ1) is 9.18. The molecule has 0 aliphatic rings. The molecule has 0 saturated heterocycles.